The second kappa shape index (κ2) is 5.91. The van der Waals surface area contributed by atoms with E-state index in [-0.39, 0.29) is 0 Å². The summed E-state index contributed by atoms with van der Waals surface area (Å²) in [5.41, 5.74) is 3.07. The molecule has 1 heterocycles. The van der Waals surface area contributed by atoms with Gasteiger partial charge in [0.1, 0.15) is 0 Å². The molecule has 2 bridgehead atoms. The smallest absolute Gasteiger partial charge is 0.332 e. The highest BCUT2D eigenvalue weighted by Crippen LogP contribution is 2.59. The zero-order valence-corrected chi connectivity index (χ0v) is 15.1. The Morgan fingerprint density at radius 3 is 2.68 bits per heavy atom. The average Bonchev–Trinajstić information content (AvgIpc) is 2.52. The molecule has 0 amide bonds. The maximum Gasteiger partial charge on any atom is 0.332 e. The van der Waals surface area contributed by atoms with E-state index in [1.165, 1.54) is 18.4 Å². The van der Waals surface area contributed by atoms with Crippen molar-refractivity contribution in [1.29, 1.82) is 0 Å². The molecule has 3 aliphatic carbocycles. The van der Waals surface area contributed by atoms with Crippen LogP contribution in [0.2, 0.25) is 13.1 Å². The third-order valence-corrected chi connectivity index (χ3v) is 7.16. The second-order valence-corrected chi connectivity index (χ2v) is 11.0. The van der Waals surface area contributed by atoms with E-state index < -0.39 is 8.56 Å². The maximum atomic E-state index is 6.21. The molecule has 1 aromatic rings. The lowest BCUT2D eigenvalue weighted by Crippen LogP contribution is -2.49. The monoisotopic (exact) mass is 317 g/mol. The van der Waals surface area contributed by atoms with Gasteiger partial charge in [0.15, 0.2) is 0 Å². The number of pyridine rings is 1. The quantitative estimate of drug-likeness (QED) is 0.579. The average molecular weight is 318 g/mol. The van der Waals surface area contributed by atoms with Crippen molar-refractivity contribution >= 4 is 8.56 Å². The van der Waals surface area contributed by atoms with Gasteiger partial charge in [-0.2, -0.15) is 0 Å². The Balaban J connectivity index is 1.51. The molecule has 0 N–H and O–H groups in total. The van der Waals surface area contributed by atoms with E-state index in [2.05, 4.69) is 38.0 Å². The van der Waals surface area contributed by atoms with Crippen LogP contribution < -0.4 is 0 Å². The first-order chi connectivity index (χ1) is 10.4. The molecular formula is C18H27NO2Si. The standard InChI is InChI=1S/C18H27NO2Si/c1-18(2)16-8-7-15(17(18)10-16)13-21-22(3,4)20-12-14-6-5-9-19-11-14/h5-7,9,11,16-17H,8,10,12-13H2,1-4H3. The minimum absolute atomic E-state index is 0.468. The van der Waals surface area contributed by atoms with Crippen LogP contribution in [0.3, 0.4) is 0 Å². The molecule has 0 spiro atoms. The first kappa shape index (κ1) is 15.9. The fraction of sp³-hybridized carbons (Fsp3) is 0.611. The normalized spacial score (nSPS) is 26.3. The molecule has 4 heteroatoms. The van der Waals surface area contributed by atoms with E-state index >= 15 is 0 Å². The maximum absolute atomic E-state index is 6.21. The number of hydrogen-bond acceptors (Lipinski definition) is 3. The Bertz CT molecular complexity index is 553. The molecule has 22 heavy (non-hydrogen) atoms. The number of rotatable bonds is 6. The predicted octanol–water partition coefficient (Wildman–Crippen LogP) is 4.31. The molecule has 2 atom stereocenters. The van der Waals surface area contributed by atoms with Gasteiger partial charge in [0, 0.05) is 12.4 Å². The first-order valence-electron chi connectivity index (χ1n) is 8.24. The van der Waals surface area contributed by atoms with Crippen molar-refractivity contribution in [3.8, 4) is 0 Å². The molecule has 120 valence electrons. The second-order valence-electron chi connectivity index (χ2n) is 7.66. The zero-order valence-electron chi connectivity index (χ0n) is 14.1. The van der Waals surface area contributed by atoms with E-state index in [4.69, 9.17) is 8.85 Å². The van der Waals surface area contributed by atoms with Crippen LogP contribution in [0.25, 0.3) is 0 Å². The number of hydrogen-bond donors (Lipinski definition) is 0. The molecule has 0 saturated heterocycles. The van der Waals surface area contributed by atoms with Crippen LogP contribution in [0.4, 0.5) is 0 Å². The fourth-order valence-corrected chi connectivity index (χ4v) is 4.79. The minimum atomic E-state index is -2.10. The summed E-state index contributed by atoms with van der Waals surface area (Å²) >= 11 is 0. The molecule has 4 rings (SSSR count). The van der Waals surface area contributed by atoms with Crippen LogP contribution in [-0.4, -0.2) is 20.2 Å². The van der Waals surface area contributed by atoms with E-state index in [9.17, 15) is 0 Å². The summed E-state index contributed by atoms with van der Waals surface area (Å²) in [4.78, 5) is 4.12. The van der Waals surface area contributed by atoms with E-state index in [1.54, 1.807) is 6.20 Å². The molecule has 2 unspecified atom stereocenters. The van der Waals surface area contributed by atoms with Gasteiger partial charge >= 0.3 is 8.56 Å². The van der Waals surface area contributed by atoms with Gasteiger partial charge in [-0.25, -0.2) is 0 Å². The Labute approximate surface area is 135 Å². The summed E-state index contributed by atoms with van der Waals surface area (Å²) in [5.74, 6) is 1.60. The summed E-state index contributed by atoms with van der Waals surface area (Å²) < 4.78 is 12.3. The van der Waals surface area contributed by atoms with Gasteiger partial charge in [0.2, 0.25) is 0 Å². The van der Waals surface area contributed by atoms with Crippen LogP contribution in [0.5, 0.6) is 0 Å². The molecule has 0 aliphatic heterocycles. The molecule has 3 nitrogen and oxygen atoms in total. The van der Waals surface area contributed by atoms with Gasteiger partial charge < -0.3 is 8.85 Å². The highest BCUT2D eigenvalue weighted by atomic mass is 28.4. The molecule has 3 aliphatic rings. The van der Waals surface area contributed by atoms with Crippen LogP contribution in [0, 0.1) is 17.3 Å². The third-order valence-electron chi connectivity index (χ3n) is 5.48. The van der Waals surface area contributed by atoms with Gasteiger partial charge in [-0.15, -0.1) is 0 Å². The lowest BCUT2D eigenvalue weighted by atomic mass is 9.49. The van der Waals surface area contributed by atoms with Crippen molar-refractivity contribution < 1.29 is 8.85 Å². The highest BCUT2D eigenvalue weighted by molar-refractivity contribution is 6.64. The SMILES string of the molecule is CC1(C)C2CC=C(CO[Si](C)(C)OCc3cccnc3)C1C2. The van der Waals surface area contributed by atoms with Gasteiger partial charge in [-0.3, -0.25) is 4.98 Å². The van der Waals surface area contributed by atoms with Crippen molar-refractivity contribution in [2.75, 3.05) is 6.61 Å². The Morgan fingerprint density at radius 1 is 1.27 bits per heavy atom. The Morgan fingerprint density at radius 2 is 2.05 bits per heavy atom. The number of nitrogens with zero attached hydrogens (tertiary/aromatic N) is 1. The lowest BCUT2D eigenvalue weighted by Gasteiger charge is -2.56. The molecular weight excluding hydrogens is 290 g/mol. The molecule has 1 fully saturated rings. The third kappa shape index (κ3) is 3.19. The van der Waals surface area contributed by atoms with E-state index in [0.717, 1.165) is 24.0 Å². The van der Waals surface area contributed by atoms with E-state index in [1.807, 2.05) is 18.3 Å². The fourth-order valence-electron chi connectivity index (χ4n) is 3.68. The summed E-state index contributed by atoms with van der Waals surface area (Å²) in [6.45, 7) is 10.4. The number of allylic oxidation sites excluding steroid dienone is 1. The number of aromatic nitrogens is 1. The zero-order chi connectivity index (χ0) is 15.8. The molecule has 0 radical (unpaired) electrons. The largest absolute Gasteiger partial charge is 0.390 e. The summed E-state index contributed by atoms with van der Waals surface area (Å²) in [6.07, 6.45) is 8.62. The van der Waals surface area contributed by atoms with Crippen molar-refractivity contribution in [1.82, 2.24) is 4.98 Å². The molecule has 1 saturated carbocycles. The van der Waals surface area contributed by atoms with Gasteiger partial charge in [-0.1, -0.05) is 26.0 Å². The summed E-state index contributed by atoms with van der Waals surface area (Å²) in [7, 11) is -2.10. The topological polar surface area (TPSA) is 31.4 Å². The van der Waals surface area contributed by atoms with Gasteiger partial charge in [0.25, 0.3) is 0 Å². The Kier molecular flexibility index (Phi) is 4.27. The highest BCUT2D eigenvalue weighted by Gasteiger charge is 2.51. The van der Waals surface area contributed by atoms with Crippen molar-refractivity contribution in [3.63, 3.8) is 0 Å². The summed E-state index contributed by atoms with van der Waals surface area (Å²) in [6, 6.07) is 3.98. The van der Waals surface area contributed by atoms with Crippen molar-refractivity contribution in [2.45, 2.75) is 46.4 Å². The first-order valence-corrected chi connectivity index (χ1v) is 11.1. The number of fused-ring (bicyclic) bond motifs is 1. The lowest BCUT2D eigenvalue weighted by molar-refractivity contribution is -0.0130. The Hall–Kier alpha value is -0.973. The van der Waals surface area contributed by atoms with Crippen molar-refractivity contribution in [2.24, 2.45) is 17.3 Å². The van der Waals surface area contributed by atoms with E-state index in [0.29, 0.717) is 12.0 Å². The molecule has 1 aromatic heterocycles. The van der Waals surface area contributed by atoms with Crippen LogP contribution in [-0.2, 0) is 15.5 Å². The van der Waals surface area contributed by atoms with Crippen LogP contribution >= 0.6 is 0 Å². The van der Waals surface area contributed by atoms with Crippen LogP contribution in [0.1, 0.15) is 32.3 Å². The predicted molar refractivity (Wildman–Crippen MR) is 90.5 cm³/mol. The van der Waals surface area contributed by atoms with Gasteiger partial charge in [0.05, 0.1) is 13.2 Å². The summed E-state index contributed by atoms with van der Waals surface area (Å²) in [5, 5.41) is 0. The van der Waals surface area contributed by atoms with Gasteiger partial charge in [-0.05, 0) is 60.4 Å². The minimum Gasteiger partial charge on any atom is -0.390 e. The van der Waals surface area contributed by atoms with Crippen LogP contribution in [0.15, 0.2) is 36.2 Å². The van der Waals surface area contributed by atoms with Crippen molar-refractivity contribution in [3.05, 3.63) is 41.7 Å². The molecule has 0 aromatic carbocycles.